The molecule has 1 aromatic heterocycles. The summed E-state index contributed by atoms with van der Waals surface area (Å²) >= 11 is 0. The molecule has 0 saturated carbocycles. The molecule has 0 unspecified atom stereocenters. The highest BCUT2D eigenvalue weighted by Crippen LogP contribution is 2.20. The number of ketones is 1. The topological polar surface area (TPSA) is 45.8 Å². The molecule has 0 amide bonds. The number of allylic oxidation sites excluding steroid dienone is 2. The summed E-state index contributed by atoms with van der Waals surface area (Å²) in [5.74, 6) is -2.46. The van der Waals surface area contributed by atoms with Crippen molar-refractivity contribution in [3.8, 4) is 6.07 Å². The van der Waals surface area contributed by atoms with Crippen molar-refractivity contribution in [2.75, 3.05) is 0 Å². The number of aryl methyl sites for hydroxylation is 1. The molecule has 5 heteroatoms. The minimum absolute atomic E-state index is 0.139. The van der Waals surface area contributed by atoms with E-state index in [4.69, 9.17) is 0 Å². The lowest BCUT2D eigenvalue weighted by molar-refractivity contribution is 0.103. The van der Waals surface area contributed by atoms with Crippen molar-refractivity contribution in [1.29, 1.82) is 5.26 Å². The maximum absolute atomic E-state index is 13.3. The highest BCUT2D eigenvalue weighted by atomic mass is 19.2. The van der Waals surface area contributed by atoms with Gasteiger partial charge < -0.3 is 4.57 Å². The van der Waals surface area contributed by atoms with Crippen LogP contribution < -0.4 is 0 Å². The number of hydrogen-bond donors (Lipinski definition) is 0. The molecule has 2 rings (SSSR count). The van der Waals surface area contributed by atoms with Gasteiger partial charge in [-0.1, -0.05) is 12.1 Å². The van der Waals surface area contributed by atoms with Crippen molar-refractivity contribution in [3.05, 3.63) is 76.6 Å². The van der Waals surface area contributed by atoms with Gasteiger partial charge in [-0.15, -0.1) is 6.58 Å². The number of Topliss-reactive ketones (excluding diaryl/α,β-unsaturated/α-hetero) is 1. The molecule has 0 radical (unpaired) electrons. The van der Waals surface area contributed by atoms with E-state index in [1.54, 1.807) is 19.1 Å². The first-order chi connectivity index (χ1) is 11.4. The maximum Gasteiger partial charge on any atom is 0.205 e. The lowest BCUT2D eigenvalue weighted by Crippen LogP contribution is -2.05. The molecule has 0 fully saturated rings. The van der Waals surface area contributed by atoms with Crippen molar-refractivity contribution < 1.29 is 13.6 Å². The fourth-order valence-electron chi connectivity index (χ4n) is 2.50. The quantitative estimate of drug-likeness (QED) is 0.355. The summed E-state index contributed by atoms with van der Waals surface area (Å²) in [5.41, 5.74) is 2.12. The number of aromatic nitrogens is 1. The van der Waals surface area contributed by atoms with Crippen LogP contribution >= 0.6 is 0 Å². The molecule has 1 aromatic carbocycles. The molecule has 0 N–H and O–H groups in total. The largest absolute Gasteiger partial charge is 0.345 e. The van der Waals surface area contributed by atoms with Crippen LogP contribution in [0, 0.1) is 36.8 Å². The summed E-state index contributed by atoms with van der Waals surface area (Å²) in [6.07, 6.45) is 2.97. The molecule has 0 bridgehead atoms. The monoisotopic (exact) mass is 326 g/mol. The predicted molar refractivity (Wildman–Crippen MR) is 88.4 cm³/mol. The first-order valence-corrected chi connectivity index (χ1v) is 7.28. The second-order valence-corrected chi connectivity index (χ2v) is 5.36. The molecule has 2 aromatic rings. The first-order valence-electron chi connectivity index (χ1n) is 7.28. The van der Waals surface area contributed by atoms with Gasteiger partial charge in [-0.3, -0.25) is 4.79 Å². The zero-order chi connectivity index (χ0) is 17.9. The Morgan fingerprint density at radius 3 is 2.58 bits per heavy atom. The van der Waals surface area contributed by atoms with Gasteiger partial charge in [0.25, 0.3) is 0 Å². The molecule has 24 heavy (non-hydrogen) atoms. The summed E-state index contributed by atoms with van der Waals surface area (Å²) in [6.45, 7) is 7.88. The molecule has 0 aliphatic carbocycles. The number of nitrogens with zero attached hydrogens (tertiary/aromatic N) is 2. The third kappa shape index (κ3) is 3.33. The lowest BCUT2D eigenvalue weighted by atomic mass is 10.0. The molecule has 0 aliphatic rings. The van der Waals surface area contributed by atoms with E-state index in [1.165, 1.54) is 12.1 Å². The first kappa shape index (κ1) is 17.4. The average molecular weight is 326 g/mol. The summed E-state index contributed by atoms with van der Waals surface area (Å²) in [4.78, 5) is 12.6. The molecule has 3 nitrogen and oxygen atoms in total. The normalized spacial score (nSPS) is 11.2. The standard InChI is InChI=1S/C19H16F2N2O/c1-4-7-23-12(2)8-16(13(23)3)19(24)15(11-22)9-14-5-6-17(20)18(21)10-14/h4-6,8-10H,1,7H2,2-3H3/b15-9+. The molecule has 0 spiro atoms. The Labute approximate surface area is 139 Å². The summed E-state index contributed by atoms with van der Waals surface area (Å²) in [5, 5.41) is 9.28. The fourth-order valence-corrected chi connectivity index (χ4v) is 2.50. The van der Waals surface area contributed by atoms with Gasteiger partial charge in [-0.05, 0) is 43.7 Å². The molecule has 0 saturated heterocycles. The Balaban J connectivity index is 2.44. The van der Waals surface area contributed by atoms with E-state index in [-0.39, 0.29) is 11.1 Å². The Bertz CT molecular complexity index is 886. The van der Waals surface area contributed by atoms with E-state index >= 15 is 0 Å². The van der Waals surface area contributed by atoms with Gasteiger partial charge in [0.05, 0.1) is 0 Å². The van der Waals surface area contributed by atoms with Crippen molar-refractivity contribution in [2.45, 2.75) is 20.4 Å². The van der Waals surface area contributed by atoms with E-state index in [0.717, 1.165) is 23.5 Å². The number of nitriles is 1. The van der Waals surface area contributed by atoms with E-state index < -0.39 is 17.4 Å². The van der Waals surface area contributed by atoms with Crippen LogP contribution in [0.25, 0.3) is 6.08 Å². The van der Waals surface area contributed by atoms with Crippen LogP contribution in [0.15, 0.2) is 42.5 Å². The smallest absolute Gasteiger partial charge is 0.205 e. The highest BCUT2D eigenvalue weighted by Gasteiger charge is 2.19. The molecule has 0 aliphatic heterocycles. The third-order valence-corrected chi connectivity index (χ3v) is 3.75. The zero-order valence-electron chi connectivity index (χ0n) is 13.4. The zero-order valence-corrected chi connectivity index (χ0v) is 13.4. The summed E-state index contributed by atoms with van der Waals surface area (Å²) in [6, 6.07) is 6.75. The number of rotatable bonds is 5. The molecule has 1 heterocycles. The van der Waals surface area contributed by atoms with Gasteiger partial charge >= 0.3 is 0 Å². The van der Waals surface area contributed by atoms with Crippen molar-refractivity contribution in [2.24, 2.45) is 0 Å². The van der Waals surface area contributed by atoms with Gasteiger partial charge in [0.15, 0.2) is 11.6 Å². The van der Waals surface area contributed by atoms with E-state index in [9.17, 15) is 18.8 Å². The highest BCUT2D eigenvalue weighted by molar-refractivity contribution is 6.14. The van der Waals surface area contributed by atoms with Crippen LogP contribution in [0.4, 0.5) is 8.78 Å². The molecule has 0 atom stereocenters. The Kier molecular flexibility index (Phi) is 5.10. The SMILES string of the molecule is C=CCn1c(C)cc(C(=O)/C(C#N)=C/c2ccc(F)c(F)c2)c1C. The number of halogens is 2. The minimum Gasteiger partial charge on any atom is -0.345 e. The van der Waals surface area contributed by atoms with E-state index in [2.05, 4.69) is 6.58 Å². The second kappa shape index (κ2) is 7.05. The Morgan fingerprint density at radius 1 is 1.29 bits per heavy atom. The number of hydrogen-bond acceptors (Lipinski definition) is 2. The summed E-state index contributed by atoms with van der Waals surface area (Å²) in [7, 11) is 0. The summed E-state index contributed by atoms with van der Waals surface area (Å²) < 4.78 is 28.2. The van der Waals surface area contributed by atoms with Gasteiger partial charge in [0, 0.05) is 23.5 Å². The Hall–Kier alpha value is -3.00. The molecular weight excluding hydrogens is 310 g/mol. The van der Waals surface area contributed by atoms with Crippen LogP contribution in [0.2, 0.25) is 0 Å². The third-order valence-electron chi connectivity index (χ3n) is 3.75. The van der Waals surface area contributed by atoms with Gasteiger partial charge in [-0.2, -0.15) is 5.26 Å². The van der Waals surface area contributed by atoms with Gasteiger partial charge in [-0.25, -0.2) is 8.78 Å². The molecular formula is C19H16F2N2O. The van der Waals surface area contributed by atoms with Crippen LogP contribution in [-0.2, 0) is 6.54 Å². The number of carbonyl (C=O) groups excluding carboxylic acids is 1. The lowest BCUT2D eigenvalue weighted by Gasteiger charge is -2.06. The van der Waals surface area contributed by atoms with Crippen LogP contribution in [0.3, 0.4) is 0 Å². The van der Waals surface area contributed by atoms with Crippen LogP contribution in [0.1, 0.15) is 27.3 Å². The van der Waals surface area contributed by atoms with Crippen molar-refractivity contribution in [3.63, 3.8) is 0 Å². The predicted octanol–water partition coefficient (Wildman–Crippen LogP) is 4.36. The number of benzene rings is 1. The van der Waals surface area contributed by atoms with E-state index in [0.29, 0.717) is 12.1 Å². The maximum atomic E-state index is 13.3. The van der Waals surface area contributed by atoms with Gasteiger partial charge in [0.1, 0.15) is 11.6 Å². The average Bonchev–Trinajstić information content (AvgIpc) is 2.83. The fraction of sp³-hybridized carbons (Fsp3) is 0.158. The van der Waals surface area contributed by atoms with E-state index in [1.807, 2.05) is 17.6 Å². The second-order valence-electron chi connectivity index (χ2n) is 5.36. The van der Waals surface area contributed by atoms with Crippen LogP contribution in [-0.4, -0.2) is 10.4 Å². The van der Waals surface area contributed by atoms with Crippen molar-refractivity contribution >= 4 is 11.9 Å². The molecule has 122 valence electrons. The van der Waals surface area contributed by atoms with Crippen LogP contribution in [0.5, 0.6) is 0 Å². The minimum atomic E-state index is -1.03. The van der Waals surface area contributed by atoms with Gasteiger partial charge in [0.2, 0.25) is 5.78 Å². The van der Waals surface area contributed by atoms with Crippen molar-refractivity contribution in [1.82, 2.24) is 4.57 Å². The number of carbonyl (C=O) groups is 1. The Morgan fingerprint density at radius 2 is 2.00 bits per heavy atom.